The third kappa shape index (κ3) is 2.05. The zero-order chi connectivity index (χ0) is 8.27. The molecule has 1 rings (SSSR count). The van der Waals surface area contributed by atoms with Gasteiger partial charge >= 0.3 is 0 Å². The second-order valence-electron chi connectivity index (χ2n) is 2.18. The topological polar surface area (TPSA) is 81.2 Å². The van der Waals surface area contributed by atoms with E-state index in [4.69, 9.17) is 10.4 Å². The summed E-state index contributed by atoms with van der Waals surface area (Å²) >= 11 is 0. The average Bonchev–Trinajstić information content (AvgIpc) is 2.35. The number of nitrogens with zero attached hydrogens (tertiary/aromatic N) is 1. The molecule has 0 saturated heterocycles. The number of hydrazine groups is 1. The molecule has 0 radical (unpaired) electrons. The maximum Gasteiger partial charge on any atom is 0.241 e. The van der Waals surface area contributed by atoms with E-state index >= 15 is 0 Å². The second kappa shape index (κ2) is 3.16. The van der Waals surface area contributed by atoms with Crippen molar-refractivity contribution in [1.29, 1.82) is 0 Å². The maximum absolute atomic E-state index is 10.7. The molecular formula is C6H9N3O2. The third-order valence-corrected chi connectivity index (χ3v) is 1.17. The third-order valence-electron chi connectivity index (χ3n) is 1.17. The van der Waals surface area contributed by atoms with Crippen LogP contribution in [0, 0.1) is 6.92 Å². The first-order valence-corrected chi connectivity index (χ1v) is 3.14. The number of hydrogen-bond acceptors (Lipinski definition) is 4. The van der Waals surface area contributed by atoms with E-state index in [2.05, 4.69) is 5.16 Å². The van der Waals surface area contributed by atoms with E-state index in [1.165, 1.54) is 0 Å². The van der Waals surface area contributed by atoms with Crippen LogP contribution in [0.4, 0.5) is 0 Å². The minimum Gasteiger partial charge on any atom is -0.361 e. The van der Waals surface area contributed by atoms with Gasteiger partial charge in [0.15, 0.2) is 0 Å². The van der Waals surface area contributed by atoms with Crippen LogP contribution in [0.3, 0.4) is 0 Å². The Morgan fingerprint density at radius 2 is 2.64 bits per heavy atom. The normalized spacial score (nSPS) is 9.64. The molecule has 0 bridgehead atoms. The van der Waals surface area contributed by atoms with Gasteiger partial charge in [0.05, 0.1) is 12.1 Å². The molecule has 0 aliphatic rings. The number of hydrogen-bond donors (Lipinski definition) is 2. The van der Waals surface area contributed by atoms with Crippen LogP contribution >= 0.6 is 0 Å². The molecular weight excluding hydrogens is 146 g/mol. The molecule has 0 aliphatic carbocycles. The lowest BCUT2D eigenvalue weighted by Gasteiger charge is -1.92. The van der Waals surface area contributed by atoms with Crippen molar-refractivity contribution < 1.29 is 9.32 Å². The first-order chi connectivity index (χ1) is 5.22. The van der Waals surface area contributed by atoms with Crippen LogP contribution in [0.2, 0.25) is 0 Å². The van der Waals surface area contributed by atoms with Crippen LogP contribution in [0.25, 0.3) is 0 Å². The van der Waals surface area contributed by atoms with Crippen molar-refractivity contribution in [3.05, 3.63) is 17.5 Å². The van der Waals surface area contributed by atoms with Gasteiger partial charge in [0, 0.05) is 6.07 Å². The average molecular weight is 155 g/mol. The van der Waals surface area contributed by atoms with Gasteiger partial charge in [-0.05, 0) is 6.92 Å². The molecule has 0 aromatic carbocycles. The number of aryl methyl sites for hydroxylation is 1. The van der Waals surface area contributed by atoms with Crippen LogP contribution in [0.15, 0.2) is 10.6 Å². The predicted octanol–water partition coefficient (Wildman–Crippen LogP) is -0.485. The molecule has 60 valence electrons. The highest BCUT2D eigenvalue weighted by Crippen LogP contribution is 2.01. The Kier molecular flexibility index (Phi) is 2.22. The molecule has 0 saturated carbocycles. The highest BCUT2D eigenvalue weighted by atomic mass is 16.5. The molecule has 3 N–H and O–H groups in total. The SMILES string of the molecule is Cc1cc(CC(=O)NN)on1. The summed E-state index contributed by atoms with van der Waals surface area (Å²) in [5.41, 5.74) is 2.75. The van der Waals surface area contributed by atoms with E-state index in [1.54, 1.807) is 13.0 Å². The number of amides is 1. The summed E-state index contributed by atoms with van der Waals surface area (Å²) < 4.78 is 4.77. The first kappa shape index (κ1) is 7.74. The molecule has 11 heavy (non-hydrogen) atoms. The predicted molar refractivity (Wildman–Crippen MR) is 37.3 cm³/mol. The van der Waals surface area contributed by atoms with Crippen molar-refractivity contribution in [2.45, 2.75) is 13.3 Å². The molecule has 1 amide bonds. The number of nitrogens with two attached hydrogens (primary N) is 1. The Labute approximate surface area is 63.5 Å². The van der Waals surface area contributed by atoms with E-state index in [9.17, 15) is 4.79 Å². The van der Waals surface area contributed by atoms with Crippen LogP contribution in [-0.2, 0) is 11.2 Å². The number of carbonyl (C=O) groups is 1. The molecule has 0 aliphatic heterocycles. The highest BCUT2D eigenvalue weighted by molar-refractivity contribution is 5.77. The van der Waals surface area contributed by atoms with Crippen LogP contribution in [-0.4, -0.2) is 11.1 Å². The van der Waals surface area contributed by atoms with E-state index in [0.29, 0.717) is 5.76 Å². The molecule has 1 heterocycles. The number of nitrogens with one attached hydrogen (secondary N) is 1. The summed E-state index contributed by atoms with van der Waals surface area (Å²) in [4.78, 5) is 10.7. The summed E-state index contributed by atoms with van der Waals surface area (Å²) in [6.45, 7) is 1.79. The summed E-state index contributed by atoms with van der Waals surface area (Å²) in [6.07, 6.45) is 0.136. The fourth-order valence-electron chi connectivity index (χ4n) is 0.709. The lowest BCUT2D eigenvalue weighted by Crippen LogP contribution is -2.31. The van der Waals surface area contributed by atoms with Gasteiger partial charge in [-0.15, -0.1) is 0 Å². The maximum atomic E-state index is 10.7. The molecule has 0 atom stereocenters. The van der Waals surface area contributed by atoms with Gasteiger partial charge in [-0.1, -0.05) is 5.16 Å². The summed E-state index contributed by atoms with van der Waals surface area (Å²) in [5.74, 6) is 5.09. The van der Waals surface area contributed by atoms with Gasteiger partial charge in [0.1, 0.15) is 5.76 Å². The molecule has 1 aromatic rings. The van der Waals surface area contributed by atoms with Gasteiger partial charge in [-0.25, -0.2) is 5.84 Å². The number of carbonyl (C=O) groups excluding carboxylic acids is 1. The Morgan fingerprint density at radius 3 is 3.09 bits per heavy atom. The van der Waals surface area contributed by atoms with E-state index in [0.717, 1.165) is 5.69 Å². The Morgan fingerprint density at radius 1 is 1.91 bits per heavy atom. The van der Waals surface area contributed by atoms with Gasteiger partial charge in [0.2, 0.25) is 5.91 Å². The van der Waals surface area contributed by atoms with Crippen molar-refractivity contribution >= 4 is 5.91 Å². The zero-order valence-corrected chi connectivity index (χ0v) is 6.13. The number of rotatable bonds is 2. The highest BCUT2D eigenvalue weighted by Gasteiger charge is 2.05. The Balaban J connectivity index is 2.57. The lowest BCUT2D eigenvalue weighted by molar-refractivity contribution is -0.120. The quantitative estimate of drug-likeness (QED) is 0.343. The fraction of sp³-hybridized carbons (Fsp3) is 0.333. The fourth-order valence-corrected chi connectivity index (χ4v) is 0.709. The van der Waals surface area contributed by atoms with Crippen molar-refractivity contribution in [3.8, 4) is 0 Å². The molecule has 5 nitrogen and oxygen atoms in total. The molecule has 0 fully saturated rings. The second-order valence-corrected chi connectivity index (χ2v) is 2.18. The zero-order valence-electron chi connectivity index (χ0n) is 6.13. The van der Waals surface area contributed by atoms with Gasteiger partial charge < -0.3 is 4.52 Å². The molecule has 1 aromatic heterocycles. The van der Waals surface area contributed by atoms with Crippen molar-refractivity contribution in [1.82, 2.24) is 10.6 Å². The van der Waals surface area contributed by atoms with E-state index in [1.807, 2.05) is 5.43 Å². The van der Waals surface area contributed by atoms with Crippen LogP contribution in [0.1, 0.15) is 11.5 Å². The van der Waals surface area contributed by atoms with Crippen molar-refractivity contribution in [3.63, 3.8) is 0 Å². The van der Waals surface area contributed by atoms with Crippen LogP contribution in [0.5, 0.6) is 0 Å². The van der Waals surface area contributed by atoms with Crippen LogP contribution < -0.4 is 11.3 Å². The summed E-state index contributed by atoms with van der Waals surface area (Å²) in [6, 6.07) is 1.69. The summed E-state index contributed by atoms with van der Waals surface area (Å²) in [7, 11) is 0. The van der Waals surface area contributed by atoms with Gasteiger partial charge in [-0.3, -0.25) is 10.2 Å². The van der Waals surface area contributed by atoms with Gasteiger partial charge in [-0.2, -0.15) is 0 Å². The summed E-state index contributed by atoms with van der Waals surface area (Å²) in [5, 5.41) is 3.61. The molecule has 5 heteroatoms. The smallest absolute Gasteiger partial charge is 0.241 e. The van der Waals surface area contributed by atoms with Crippen molar-refractivity contribution in [2.24, 2.45) is 5.84 Å². The lowest BCUT2D eigenvalue weighted by atomic mass is 10.3. The first-order valence-electron chi connectivity index (χ1n) is 3.14. The molecule has 0 spiro atoms. The van der Waals surface area contributed by atoms with E-state index < -0.39 is 0 Å². The van der Waals surface area contributed by atoms with Crippen molar-refractivity contribution in [2.75, 3.05) is 0 Å². The largest absolute Gasteiger partial charge is 0.361 e. The monoisotopic (exact) mass is 155 g/mol. The Bertz CT molecular complexity index is 256. The van der Waals surface area contributed by atoms with E-state index in [-0.39, 0.29) is 12.3 Å². The number of aromatic nitrogens is 1. The minimum atomic E-state index is -0.291. The Hall–Kier alpha value is -1.36. The van der Waals surface area contributed by atoms with Gasteiger partial charge in [0.25, 0.3) is 0 Å². The standard InChI is InChI=1S/C6H9N3O2/c1-4-2-5(11-9-4)3-6(10)8-7/h2H,3,7H2,1H3,(H,8,10). The minimum absolute atomic E-state index is 0.136. The molecule has 0 unspecified atom stereocenters.